The van der Waals surface area contributed by atoms with Crippen molar-refractivity contribution in [1.82, 2.24) is 34.6 Å². The fourth-order valence-electron chi connectivity index (χ4n) is 5.46. The number of nitrogens with one attached hydrogen (secondary N) is 1. The summed E-state index contributed by atoms with van der Waals surface area (Å²) >= 11 is 0. The minimum atomic E-state index is -2.68. The highest BCUT2D eigenvalue weighted by atomic mass is 19.3. The lowest BCUT2D eigenvalue weighted by atomic mass is 9.76. The Morgan fingerprint density at radius 1 is 1.24 bits per heavy atom. The molecule has 37 heavy (non-hydrogen) atoms. The molecule has 0 unspecified atom stereocenters. The van der Waals surface area contributed by atoms with Gasteiger partial charge in [0.15, 0.2) is 5.65 Å². The Bertz CT molecular complexity index is 1320. The van der Waals surface area contributed by atoms with Crippen LogP contribution in [0.25, 0.3) is 5.65 Å². The summed E-state index contributed by atoms with van der Waals surface area (Å²) in [6.07, 6.45) is 3.71. The Morgan fingerprint density at radius 3 is 2.57 bits per heavy atom. The Balaban J connectivity index is 1.51. The van der Waals surface area contributed by atoms with Gasteiger partial charge in [-0.15, -0.1) is 0 Å². The van der Waals surface area contributed by atoms with Crippen LogP contribution in [0.3, 0.4) is 0 Å². The number of primary amides is 1. The number of fused-ring (bicyclic) bond motifs is 1. The maximum atomic E-state index is 14.0. The minimum Gasteiger partial charge on any atom is -0.364 e. The van der Waals surface area contributed by atoms with Crippen LogP contribution in [0.1, 0.15) is 85.9 Å². The Hall–Kier alpha value is -3.57. The third kappa shape index (κ3) is 5.01. The summed E-state index contributed by atoms with van der Waals surface area (Å²) in [5, 5.41) is 12.1. The van der Waals surface area contributed by atoms with Crippen molar-refractivity contribution in [2.45, 2.75) is 76.9 Å². The van der Waals surface area contributed by atoms with E-state index in [2.05, 4.69) is 10.4 Å². The van der Waals surface area contributed by atoms with Crippen molar-refractivity contribution in [3.05, 3.63) is 47.2 Å². The van der Waals surface area contributed by atoms with Crippen molar-refractivity contribution in [3.8, 4) is 0 Å². The molecule has 5 rings (SSSR count). The molecule has 10 nitrogen and oxygen atoms in total. The number of hydrogen-bond acceptors (Lipinski definition) is 5. The maximum Gasteiger partial charge on any atom is 0.318 e. The van der Waals surface area contributed by atoms with Gasteiger partial charge < -0.3 is 16.0 Å². The van der Waals surface area contributed by atoms with Crippen molar-refractivity contribution in [2.24, 2.45) is 11.7 Å². The van der Waals surface area contributed by atoms with Crippen molar-refractivity contribution >= 4 is 17.6 Å². The summed E-state index contributed by atoms with van der Waals surface area (Å²) in [6, 6.07) is 3.40. The molecule has 4 heterocycles. The lowest BCUT2D eigenvalue weighted by molar-refractivity contribution is -0.0475. The van der Waals surface area contributed by atoms with Crippen LogP contribution < -0.4 is 11.1 Å². The van der Waals surface area contributed by atoms with E-state index >= 15 is 0 Å². The number of halogens is 2. The molecule has 2 fully saturated rings. The number of nitrogens with zero attached hydrogens (tertiary/aromatic N) is 6. The van der Waals surface area contributed by atoms with Crippen molar-refractivity contribution in [3.63, 3.8) is 0 Å². The van der Waals surface area contributed by atoms with E-state index in [1.165, 1.54) is 0 Å². The number of alkyl halides is 2. The van der Waals surface area contributed by atoms with Gasteiger partial charge in [0.2, 0.25) is 5.92 Å². The maximum absolute atomic E-state index is 14.0. The third-order valence-electron chi connectivity index (χ3n) is 7.29. The molecule has 2 aliphatic rings. The normalized spacial score (nSPS) is 21.1. The van der Waals surface area contributed by atoms with Gasteiger partial charge in [-0.1, -0.05) is 0 Å². The van der Waals surface area contributed by atoms with Crippen LogP contribution in [0, 0.1) is 5.92 Å². The van der Waals surface area contributed by atoms with Gasteiger partial charge in [-0.25, -0.2) is 23.1 Å². The van der Waals surface area contributed by atoms with E-state index in [9.17, 15) is 18.4 Å². The van der Waals surface area contributed by atoms with E-state index in [4.69, 9.17) is 15.8 Å². The van der Waals surface area contributed by atoms with Crippen LogP contribution in [0.4, 0.5) is 13.6 Å². The first-order valence-electron chi connectivity index (χ1n) is 12.7. The van der Waals surface area contributed by atoms with Gasteiger partial charge in [-0.05, 0) is 57.2 Å². The predicted octanol–water partition coefficient (Wildman–Crippen LogP) is 3.48. The van der Waals surface area contributed by atoms with Gasteiger partial charge >= 0.3 is 6.03 Å². The lowest BCUT2D eigenvalue weighted by Gasteiger charge is -2.32. The summed E-state index contributed by atoms with van der Waals surface area (Å²) in [4.78, 5) is 30.8. The summed E-state index contributed by atoms with van der Waals surface area (Å²) in [6.45, 7) is 6.77. The largest absolute Gasteiger partial charge is 0.364 e. The number of amides is 3. The molecule has 0 spiro atoms. The van der Waals surface area contributed by atoms with Crippen LogP contribution in [0.5, 0.6) is 0 Å². The van der Waals surface area contributed by atoms with E-state index in [-0.39, 0.29) is 42.6 Å². The number of nitrogens with two attached hydrogens (primary N) is 1. The first-order chi connectivity index (χ1) is 17.5. The monoisotopic (exact) mass is 514 g/mol. The SMILES string of the molecule is CC(C)n1nc([C@H](c2cn3ncc(CN4C[C@H](C)NC4=O)cc3n2)C2CCC(F)(F)CC2)cc1C(N)=O. The first kappa shape index (κ1) is 25.1. The van der Waals surface area contributed by atoms with Gasteiger partial charge in [0, 0.05) is 43.9 Å². The van der Waals surface area contributed by atoms with E-state index in [0.29, 0.717) is 43.0 Å². The minimum absolute atomic E-state index is 0.0850. The zero-order valence-electron chi connectivity index (χ0n) is 21.2. The number of aromatic nitrogens is 5. The topological polar surface area (TPSA) is 123 Å². The fourth-order valence-corrected chi connectivity index (χ4v) is 5.46. The zero-order chi connectivity index (χ0) is 26.5. The van der Waals surface area contributed by atoms with E-state index in [1.807, 2.05) is 26.8 Å². The van der Waals surface area contributed by atoms with Crippen molar-refractivity contribution < 1.29 is 18.4 Å². The van der Waals surface area contributed by atoms with Crippen LogP contribution in [-0.2, 0) is 6.54 Å². The molecule has 1 aliphatic carbocycles. The van der Waals surface area contributed by atoms with Crippen LogP contribution in [-0.4, -0.2) is 59.7 Å². The average molecular weight is 515 g/mol. The molecule has 12 heteroatoms. The highest BCUT2D eigenvalue weighted by Gasteiger charge is 2.40. The van der Waals surface area contributed by atoms with Gasteiger partial charge in [0.1, 0.15) is 5.69 Å². The van der Waals surface area contributed by atoms with Crippen molar-refractivity contribution in [1.29, 1.82) is 0 Å². The molecule has 0 radical (unpaired) electrons. The van der Waals surface area contributed by atoms with Crippen LogP contribution >= 0.6 is 0 Å². The average Bonchev–Trinajstić information content (AvgIpc) is 3.52. The summed E-state index contributed by atoms with van der Waals surface area (Å²) in [7, 11) is 0. The molecule has 0 aromatic carbocycles. The quantitative estimate of drug-likeness (QED) is 0.500. The summed E-state index contributed by atoms with van der Waals surface area (Å²) in [5.41, 5.74) is 8.56. The standard InChI is InChI=1S/C25H32F2N8O2/c1-14(2)35-20(23(28)36)9-18(32-35)22(17-4-6-25(26,27)7-5-17)19-13-34-21(31-19)8-16(10-29-34)12-33-11-15(3)30-24(33)37/h8-10,13-15,17,22H,4-7,11-12H2,1-3H3,(H2,28,36)(H,30,37)/t15-,22+/m0/s1. The zero-order valence-corrected chi connectivity index (χ0v) is 21.2. The number of carbonyl (C=O) groups excluding carboxylic acids is 2. The second-order valence-corrected chi connectivity index (χ2v) is 10.6. The summed E-state index contributed by atoms with van der Waals surface area (Å²) in [5.74, 6) is -3.80. The third-order valence-corrected chi connectivity index (χ3v) is 7.29. The molecule has 198 valence electrons. The Labute approximate surface area is 213 Å². The number of urea groups is 1. The molecule has 2 atom stereocenters. The smallest absolute Gasteiger partial charge is 0.318 e. The molecule has 3 aromatic rings. The van der Waals surface area contributed by atoms with Gasteiger partial charge in [0.05, 0.1) is 23.8 Å². The Kier molecular flexibility index (Phi) is 6.36. The van der Waals surface area contributed by atoms with Crippen LogP contribution in [0.15, 0.2) is 24.5 Å². The molecular formula is C25H32F2N8O2. The lowest BCUT2D eigenvalue weighted by Crippen LogP contribution is -2.28. The molecule has 1 aliphatic heterocycles. The van der Waals surface area contributed by atoms with E-state index in [0.717, 1.165) is 5.56 Å². The molecule has 3 amide bonds. The number of rotatable bonds is 7. The summed E-state index contributed by atoms with van der Waals surface area (Å²) < 4.78 is 31.3. The molecule has 3 N–H and O–H groups in total. The van der Waals surface area contributed by atoms with Gasteiger partial charge in [-0.2, -0.15) is 10.2 Å². The highest BCUT2D eigenvalue weighted by Crippen LogP contribution is 2.44. The molecular weight excluding hydrogens is 482 g/mol. The van der Waals surface area contributed by atoms with E-state index < -0.39 is 17.7 Å². The predicted molar refractivity (Wildman–Crippen MR) is 131 cm³/mol. The van der Waals surface area contributed by atoms with Crippen molar-refractivity contribution in [2.75, 3.05) is 6.54 Å². The fraction of sp³-hybridized carbons (Fsp3) is 0.560. The first-order valence-corrected chi connectivity index (χ1v) is 12.7. The number of carbonyl (C=O) groups is 2. The number of imidazole rings is 1. The number of hydrogen-bond donors (Lipinski definition) is 2. The highest BCUT2D eigenvalue weighted by molar-refractivity contribution is 5.91. The molecule has 0 bridgehead atoms. The molecule has 1 saturated carbocycles. The second kappa shape index (κ2) is 9.38. The van der Waals surface area contributed by atoms with Gasteiger partial charge in [0.25, 0.3) is 5.91 Å². The molecule has 3 aromatic heterocycles. The van der Waals surface area contributed by atoms with E-state index in [1.54, 1.807) is 32.6 Å². The van der Waals surface area contributed by atoms with Crippen LogP contribution in [0.2, 0.25) is 0 Å². The van der Waals surface area contributed by atoms with Gasteiger partial charge in [-0.3, -0.25) is 9.48 Å². The molecule has 1 saturated heterocycles. The Morgan fingerprint density at radius 2 is 1.97 bits per heavy atom. The second-order valence-electron chi connectivity index (χ2n) is 10.6.